The van der Waals surface area contributed by atoms with Crippen LogP contribution in [-0.2, 0) is 25.5 Å². The van der Waals surface area contributed by atoms with Gasteiger partial charge in [0.15, 0.2) is 12.3 Å². The minimum Gasteiger partial charge on any atom is -0.466 e. The molecular formula is C20H29N2O4+. The van der Waals surface area contributed by atoms with Crippen LogP contribution >= 0.6 is 0 Å². The van der Waals surface area contributed by atoms with Crippen LogP contribution in [0.2, 0.25) is 0 Å². The first-order valence-corrected chi connectivity index (χ1v) is 9.33. The number of rotatable bonds is 8. The van der Waals surface area contributed by atoms with Crippen LogP contribution in [0.1, 0.15) is 32.3 Å². The number of carbonyl (C=O) groups excluding carboxylic acids is 3. The van der Waals surface area contributed by atoms with Crippen LogP contribution in [0, 0.1) is 5.92 Å². The zero-order valence-electron chi connectivity index (χ0n) is 15.6. The van der Waals surface area contributed by atoms with E-state index in [9.17, 15) is 14.4 Å². The first kappa shape index (κ1) is 20.1. The number of likely N-dealkylation sites (tertiary alicyclic amines) is 1. The zero-order chi connectivity index (χ0) is 18.9. The molecule has 1 heterocycles. The minimum absolute atomic E-state index is 0.0553. The van der Waals surface area contributed by atoms with Crippen LogP contribution in [0.15, 0.2) is 30.3 Å². The first-order chi connectivity index (χ1) is 12.5. The second-order valence-corrected chi connectivity index (χ2v) is 6.89. The molecule has 1 aliphatic heterocycles. The molecule has 1 saturated heterocycles. The molecule has 2 rings (SSSR count). The lowest BCUT2D eigenvalue weighted by atomic mass is 9.98. The van der Waals surface area contributed by atoms with E-state index < -0.39 is 6.04 Å². The van der Waals surface area contributed by atoms with Crippen molar-refractivity contribution in [1.29, 1.82) is 0 Å². The summed E-state index contributed by atoms with van der Waals surface area (Å²) < 4.78 is 5.10. The van der Waals surface area contributed by atoms with E-state index in [4.69, 9.17) is 4.74 Å². The number of amides is 1. The van der Waals surface area contributed by atoms with E-state index in [1.807, 2.05) is 30.3 Å². The molecule has 6 nitrogen and oxygen atoms in total. The third-order valence-electron chi connectivity index (χ3n) is 4.76. The highest BCUT2D eigenvalue weighted by atomic mass is 16.5. The molecule has 0 spiro atoms. The number of ether oxygens (including phenoxy) is 1. The van der Waals surface area contributed by atoms with Gasteiger partial charge < -0.3 is 15.0 Å². The molecule has 1 amide bonds. The summed E-state index contributed by atoms with van der Waals surface area (Å²) in [5, 5.41) is 2.86. The Kier molecular flexibility index (Phi) is 7.78. The van der Waals surface area contributed by atoms with Gasteiger partial charge in [0.25, 0.3) is 5.91 Å². The SMILES string of the molecule is CCOC(=O)[C@H]1CCC[NH+](CC(=O)N[C@@H](Cc2ccccc2)C(C)=O)C1. The molecular weight excluding hydrogens is 332 g/mol. The van der Waals surface area contributed by atoms with E-state index in [-0.39, 0.29) is 30.1 Å². The first-order valence-electron chi connectivity index (χ1n) is 9.33. The number of ketones is 1. The maximum atomic E-state index is 12.4. The molecule has 26 heavy (non-hydrogen) atoms. The molecule has 1 fully saturated rings. The van der Waals surface area contributed by atoms with Gasteiger partial charge in [-0.25, -0.2) is 0 Å². The normalized spacial score (nSPS) is 20.8. The Morgan fingerprint density at radius 3 is 2.65 bits per heavy atom. The van der Waals surface area contributed by atoms with Crippen LogP contribution in [0.3, 0.4) is 0 Å². The Bertz CT molecular complexity index is 617. The lowest BCUT2D eigenvalue weighted by Gasteiger charge is -2.28. The maximum Gasteiger partial charge on any atom is 0.314 e. The number of quaternary nitrogens is 1. The molecule has 0 aromatic heterocycles. The molecule has 2 N–H and O–H groups in total. The molecule has 3 atom stereocenters. The molecule has 0 aliphatic carbocycles. The van der Waals surface area contributed by atoms with Gasteiger partial charge in [0.2, 0.25) is 0 Å². The molecule has 142 valence electrons. The maximum absolute atomic E-state index is 12.4. The smallest absolute Gasteiger partial charge is 0.314 e. The summed E-state index contributed by atoms with van der Waals surface area (Å²) in [6.45, 7) is 5.41. The number of Topliss-reactive ketones (excluding diaryl/α,β-unsaturated/α-hetero) is 1. The van der Waals surface area contributed by atoms with Gasteiger partial charge in [0.05, 0.1) is 25.7 Å². The van der Waals surface area contributed by atoms with Crippen molar-refractivity contribution in [1.82, 2.24) is 5.32 Å². The van der Waals surface area contributed by atoms with E-state index in [1.165, 1.54) is 6.92 Å². The van der Waals surface area contributed by atoms with Crippen molar-refractivity contribution in [3.8, 4) is 0 Å². The predicted octanol–water partition coefficient (Wildman–Crippen LogP) is 0.161. The van der Waals surface area contributed by atoms with E-state index in [0.29, 0.717) is 19.6 Å². The fraction of sp³-hybridized carbons (Fsp3) is 0.550. The summed E-state index contributed by atoms with van der Waals surface area (Å²) in [6, 6.07) is 9.13. The molecule has 0 radical (unpaired) electrons. The highest BCUT2D eigenvalue weighted by molar-refractivity contribution is 5.88. The van der Waals surface area contributed by atoms with Crippen LogP contribution in [-0.4, -0.2) is 49.9 Å². The Morgan fingerprint density at radius 1 is 1.27 bits per heavy atom. The van der Waals surface area contributed by atoms with Crippen molar-refractivity contribution >= 4 is 17.7 Å². The number of carbonyl (C=O) groups is 3. The standard InChI is InChI=1S/C20H28N2O4/c1-3-26-20(25)17-10-7-11-22(13-17)14-19(24)21-18(15(2)23)12-16-8-5-4-6-9-16/h4-6,8-9,17-18H,3,7,10-14H2,1-2H3,(H,21,24)/p+1/t17-,18-/m0/s1. The van der Waals surface area contributed by atoms with Crippen molar-refractivity contribution < 1.29 is 24.0 Å². The number of hydrogen-bond donors (Lipinski definition) is 2. The molecule has 0 saturated carbocycles. The largest absolute Gasteiger partial charge is 0.466 e. The lowest BCUT2D eigenvalue weighted by Crippen LogP contribution is -3.15. The second-order valence-electron chi connectivity index (χ2n) is 6.89. The summed E-state index contributed by atoms with van der Waals surface area (Å²) in [5.74, 6) is -0.517. The van der Waals surface area contributed by atoms with Gasteiger partial charge in [-0.3, -0.25) is 14.4 Å². The number of hydrogen-bond acceptors (Lipinski definition) is 4. The Hall–Kier alpha value is -2.21. The number of nitrogens with one attached hydrogen (secondary N) is 2. The molecule has 0 bridgehead atoms. The Balaban J connectivity index is 1.87. The highest BCUT2D eigenvalue weighted by Crippen LogP contribution is 2.09. The van der Waals surface area contributed by atoms with Crippen LogP contribution in [0.25, 0.3) is 0 Å². The average molecular weight is 361 g/mol. The van der Waals surface area contributed by atoms with Crippen LogP contribution < -0.4 is 10.2 Å². The third-order valence-corrected chi connectivity index (χ3v) is 4.76. The summed E-state index contributed by atoms with van der Waals surface area (Å²) in [5.41, 5.74) is 1.01. The number of piperidine rings is 1. The molecule has 1 unspecified atom stereocenters. The Morgan fingerprint density at radius 2 is 2.00 bits per heavy atom. The van der Waals surface area contributed by atoms with Gasteiger partial charge >= 0.3 is 5.97 Å². The van der Waals surface area contributed by atoms with E-state index in [0.717, 1.165) is 29.8 Å². The second kappa shape index (κ2) is 10.1. The van der Waals surface area contributed by atoms with Gasteiger partial charge in [-0.1, -0.05) is 30.3 Å². The van der Waals surface area contributed by atoms with E-state index in [2.05, 4.69) is 5.32 Å². The molecule has 1 aromatic carbocycles. The zero-order valence-corrected chi connectivity index (χ0v) is 15.6. The van der Waals surface area contributed by atoms with Gasteiger partial charge in [-0.2, -0.15) is 0 Å². The van der Waals surface area contributed by atoms with Crippen molar-refractivity contribution in [2.75, 3.05) is 26.2 Å². The van der Waals surface area contributed by atoms with Crippen molar-refractivity contribution in [2.45, 2.75) is 39.2 Å². The lowest BCUT2D eigenvalue weighted by molar-refractivity contribution is -0.899. The summed E-state index contributed by atoms with van der Waals surface area (Å²) in [4.78, 5) is 37.3. The molecule has 1 aromatic rings. The summed E-state index contributed by atoms with van der Waals surface area (Å²) in [7, 11) is 0. The van der Waals surface area contributed by atoms with Crippen molar-refractivity contribution in [2.24, 2.45) is 5.92 Å². The van der Waals surface area contributed by atoms with Gasteiger partial charge in [-0.15, -0.1) is 0 Å². The predicted molar refractivity (Wildman–Crippen MR) is 97.7 cm³/mol. The molecule has 1 aliphatic rings. The highest BCUT2D eigenvalue weighted by Gasteiger charge is 2.31. The fourth-order valence-corrected chi connectivity index (χ4v) is 3.39. The Labute approximate surface area is 154 Å². The van der Waals surface area contributed by atoms with E-state index in [1.54, 1.807) is 6.92 Å². The van der Waals surface area contributed by atoms with Crippen molar-refractivity contribution in [3.63, 3.8) is 0 Å². The summed E-state index contributed by atoms with van der Waals surface area (Å²) in [6.07, 6.45) is 2.20. The van der Waals surface area contributed by atoms with Crippen LogP contribution in [0.5, 0.6) is 0 Å². The van der Waals surface area contributed by atoms with E-state index >= 15 is 0 Å². The van der Waals surface area contributed by atoms with Gasteiger partial charge in [0.1, 0.15) is 5.92 Å². The van der Waals surface area contributed by atoms with Crippen molar-refractivity contribution in [3.05, 3.63) is 35.9 Å². The topological polar surface area (TPSA) is 76.9 Å². The average Bonchev–Trinajstić information content (AvgIpc) is 2.62. The third kappa shape index (κ3) is 6.26. The number of esters is 1. The number of benzene rings is 1. The fourth-order valence-electron chi connectivity index (χ4n) is 3.39. The summed E-state index contributed by atoms with van der Waals surface area (Å²) >= 11 is 0. The van der Waals surface area contributed by atoms with Gasteiger partial charge in [0, 0.05) is 0 Å². The monoisotopic (exact) mass is 361 g/mol. The molecule has 6 heteroatoms. The minimum atomic E-state index is -0.519. The quantitative estimate of drug-likeness (QED) is 0.647. The van der Waals surface area contributed by atoms with Gasteiger partial charge in [-0.05, 0) is 38.7 Å². The van der Waals surface area contributed by atoms with Crippen LogP contribution in [0.4, 0.5) is 0 Å².